The molecule has 16 heavy (non-hydrogen) atoms. The lowest BCUT2D eigenvalue weighted by Crippen LogP contribution is -2.54. The fourth-order valence-corrected chi connectivity index (χ4v) is 2.27. The number of nitrogens with zero attached hydrogens (tertiary/aromatic N) is 1. The second kappa shape index (κ2) is 4.55. The van der Waals surface area contributed by atoms with E-state index in [2.05, 4.69) is 15.9 Å². The Hall–Kier alpha value is -0.870. The predicted octanol–water partition coefficient (Wildman–Crippen LogP) is 1.50. The quantitative estimate of drug-likeness (QED) is 0.894. The summed E-state index contributed by atoms with van der Waals surface area (Å²) >= 11 is 3.40. The molecule has 1 saturated heterocycles. The number of aliphatic hydroxyl groups excluding tert-OH is 1. The van der Waals surface area contributed by atoms with E-state index >= 15 is 0 Å². The molecule has 1 amide bonds. The molecule has 4 heteroatoms. The zero-order chi connectivity index (χ0) is 11.7. The lowest BCUT2D eigenvalue weighted by atomic mass is 10.0. The summed E-state index contributed by atoms with van der Waals surface area (Å²) in [4.78, 5) is 13.5. The van der Waals surface area contributed by atoms with Crippen molar-refractivity contribution in [2.45, 2.75) is 19.4 Å². The van der Waals surface area contributed by atoms with Gasteiger partial charge in [-0.3, -0.25) is 4.79 Å². The number of carbonyl (C=O) groups excluding carboxylic acids is 1. The number of aryl methyl sites for hydroxylation is 1. The van der Waals surface area contributed by atoms with Crippen LogP contribution in [0.3, 0.4) is 0 Å². The van der Waals surface area contributed by atoms with Gasteiger partial charge in [0.1, 0.15) is 0 Å². The molecule has 0 bridgehead atoms. The summed E-state index contributed by atoms with van der Waals surface area (Å²) in [5, 5.41) is 9.12. The second-order valence-corrected chi connectivity index (χ2v) is 5.12. The second-order valence-electron chi connectivity index (χ2n) is 4.20. The van der Waals surface area contributed by atoms with Gasteiger partial charge >= 0.3 is 0 Å². The Kier molecular flexibility index (Phi) is 3.30. The van der Waals surface area contributed by atoms with Gasteiger partial charge in [-0.05, 0) is 30.2 Å². The minimum atomic E-state index is -0.324. The van der Waals surface area contributed by atoms with Crippen molar-refractivity contribution in [1.82, 2.24) is 4.90 Å². The lowest BCUT2D eigenvalue weighted by Gasteiger charge is -2.36. The molecule has 0 aromatic heterocycles. The monoisotopic (exact) mass is 283 g/mol. The molecule has 0 aliphatic carbocycles. The minimum absolute atomic E-state index is 0.0933. The van der Waals surface area contributed by atoms with Crippen molar-refractivity contribution in [2.24, 2.45) is 0 Å². The highest BCUT2D eigenvalue weighted by molar-refractivity contribution is 9.10. The maximum absolute atomic E-state index is 11.8. The van der Waals surface area contributed by atoms with E-state index in [9.17, 15) is 4.79 Å². The largest absolute Gasteiger partial charge is 0.389 e. The van der Waals surface area contributed by atoms with E-state index in [1.165, 1.54) is 0 Å². The molecule has 0 radical (unpaired) electrons. The number of hydrogen-bond donors (Lipinski definition) is 1. The van der Waals surface area contributed by atoms with Gasteiger partial charge in [0, 0.05) is 17.6 Å². The third-order valence-electron chi connectivity index (χ3n) is 2.86. The Balaban J connectivity index is 2.01. The number of carbonyl (C=O) groups is 1. The van der Waals surface area contributed by atoms with E-state index in [0.29, 0.717) is 19.5 Å². The number of aliphatic hydroxyl groups is 1. The molecule has 0 unspecified atom stereocenters. The highest BCUT2D eigenvalue weighted by atomic mass is 79.9. The number of benzene rings is 1. The summed E-state index contributed by atoms with van der Waals surface area (Å²) in [6, 6.07) is 5.92. The van der Waals surface area contributed by atoms with Gasteiger partial charge in [0.05, 0.1) is 12.5 Å². The van der Waals surface area contributed by atoms with E-state index in [1.807, 2.05) is 25.1 Å². The SMILES string of the molecule is Cc1cc(Br)ccc1CC(=O)N1CC(O)C1. The number of halogens is 1. The number of amides is 1. The summed E-state index contributed by atoms with van der Waals surface area (Å²) in [7, 11) is 0. The van der Waals surface area contributed by atoms with Gasteiger partial charge in [-0.2, -0.15) is 0 Å². The van der Waals surface area contributed by atoms with Crippen LogP contribution in [0.1, 0.15) is 11.1 Å². The Labute approximate surface area is 103 Å². The summed E-state index contributed by atoms with van der Waals surface area (Å²) in [5.74, 6) is 0.0933. The van der Waals surface area contributed by atoms with Crippen LogP contribution in [-0.2, 0) is 11.2 Å². The third kappa shape index (κ3) is 2.44. The summed E-state index contributed by atoms with van der Waals surface area (Å²) < 4.78 is 1.03. The average molecular weight is 284 g/mol. The van der Waals surface area contributed by atoms with E-state index in [-0.39, 0.29) is 12.0 Å². The molecule has 3 nitrogen and oxygen atoms in total. The van der Waals surface area contributed by atoms with E-state index < -0.39 is 0 Å². The van der Waals surface area contributed by atoms with E-state index in [1.54, 1.807) is 4.90 Å². The van der Waals surface area contributed by atoms with Crippen LogP contribution < -0.4 is 0 Å². The van der Waals surface area contributed by atoms with Gasteiger partial charge in [0.25, 0.3) is 0 Å². The molecule has 1 aliphatic rings. The number of likely N-dealkylation sites (tertiary alicyclic amines) is 1. The average Bonchev–Trinajstić information content (AvgIpc) is 2.17. The van der Waals surface area contributed by atoms with Gasteiger partial charge in [-0.15, -0.1) is 0 Å². The Morgan fingerprint density at radius 2 is 2.25 bits per heavy atom. The molecule has 0 saturated carbocycles. The van der Waals surface area contributed by atoms with Crippen molar-refractivity contribution in [3.05, 3.63) is 33.8 Å². The van der Waals surface area contributed by atoms with E-state index in [0.717, 1.165) is 15.6 Å². The molecule has 86 valence electrons. The van der Waals surface area contributed by atoms with Crippen molar-refractivity contribution in [2.75, 3.05) is 13.1 Å². The van der Waals surface area contributed by atoms with Crippen molar-refractivity contribution >= 4 is 21.8 Å². The fraction of sp³-hybridized carbons (Fsp3) is 0.417. The first-order valence-corrected chi connectivity index (χ1v) is 6.06. The van der Waals surface area contributed by atoms with Crippen LogP contribution >= 0.6 is 15.9 Å². The first-order valence-electron chi connectivity index (χ1n) is 5.27. The van der Waals surface area contributed by atoms with Crippen molar-refractivity contribution in [1.29, 1.82) is 0 Å². The summed E-state index contributed by atoms with van der Waals surface area (Å²) in [5.41, 5.74) is 2.17. The number of rotatable bonds is 2. The van der Waals surface area contributed by atoms with Crippen molar-refractivity contribution in [3.8, 4) is 0 Å². The smallest absolute Gasteiger partial charge is 0.227 e. The van der Waals surface area contributed by atoms with Crippen LogP contribution in [0.5, 0.6) is 0 Å². The van der Waals surface area contributed by atoms with Crippen molar-refractivity contribution < 1.29 is 9.90 Å². The van der Waals surface area contributed by atoms with Crippen LogP contribution in [0.25, 0.3) is 0 Å². The normalized spacial score (nSPS) is 16.1. The van der Waals surface area contributed by atoms with Gasteiger partial charge in [-0.1, -0.05) is 22.0 Å². The molecular weight excluding hydrogens is 270 g/mol. The maximum atomic E-state index is 11.8. The van der Waals surface area contributed by atoms with Gasteiger partial charge in [0.15, 0.2) is 0 Å². The van der Waals surface area contributed by atoms with Crippen LogP contribution in [0, 0.1) is 6.92 Å². The highest BCUT2D eigenvalue weighted by Gasteiger charge is 2.28. The molecule has 0 spiro atoms. The molecule has 1 fully saturated rings. The van der Waals surface area contributed by atoms with E-state index in [4.69, 9.17) is 5.11 Å². The maximum Gasteiger partial charge on any atom is 0.227 e. The van der Waals surface area contributed by atoms with Crippen molar-refractivity contribution in [3.63, 3.8) is 0 Å². The van der Waals surface area contributed by atoms with Gasteiger partial charge < -0.3 is 10.0 Å². The molecule has 1 heterocycles. The van der Waals surface area contributed by atoms with Gasteiger partial charge in [-0.25, -0.2) is 0 Å². The molecule has 2 rings (SSSR count). The highest BCUT2D eigenvalue weighted by Crippen LogP contribution is 2.18. The minimum Gasteiger partial charge on any atom is -0.389 e. The topological polar surface area (TPSA) is 40.5 Å². The summed E-state index contributed by atoms with van der Waals surface area (Å²) in [6.45, 7) is 2.96. The zero-order valence-electron chi connectivity index (χ0n) is 9.11. The Morgan fingerprint density at radius 1 is 1.56 bits per heavy atom. The fourth-order valence-electron chi connectivity index (χ4n) is 1.79. The van der Waals surface area contributed by atoms with Gasteiger partial charge in [0.2, 0.25) is 5.91 Å². The molecule has 1 aromatic rings. The molecule has 1 aromatic carbocycles. The summed E-state index contributed by atoms with van der Waals surface area (Å²) in [6.07, 6.45) is 0.0983. The van der Waals surface area contributed by atoms with Crippen LogP contribution in [0.2, 0.25) is 0 Å². The molecule has 0 atom stereocenters. The Morgan fingerprint density at radius 3 is 2.81 bits per heavy atom. The standard InChI is InChI=1S/C12H14BrNO2/c1-8-4-10(13)3-2-9(8)5-12(16)14-6-11(15)7-14/h2-4,11,15H,5-7H2,1H3. The number of hydrogen-bond acceptors (Lipinski definition) is 2. The Bertz CT molecular complexity index is 413. The zero-order valence-corrected chi connectivity index (χ0v) is 10.7. The molecule has 1 N–H and O–H groups in total. The molecule has 1 aliphatic heterocycles. The first-order chi connectivity index (χ1) is 7.56. The van der Waals surface area contributed by atoms with Crippen LogP contribution in [0.4, 0.5) is 0 Å². The lowest BCUT2D eigenvalue weighted by molar-refractivity contribution is -0.140. The van der Waals surface area contributed by atoms with Crippen LogP contribution in [0.15, 0.2) is 22.7 Å². The number of β-amino-alcohol motifs (C(OH)–C–C–N with tert-alkyl or cyclic N) is 1. The van der Waals surface area contributed by atoms with Crippen LogP contribution in [-0.4, -0.2) is 35.1 Å². The first kappa shape index (κ1) is 11.6. The third-order valence-corrected chi connectivity index (χ3v) is 3.35. The predicted molar refractivity (Wildman–Crippen MR) is 65.2 cm³/mol. The molecular formula is C12H14BrNO2.